The Kier molecular flexibility index (Phi) is 4.22. The van der Waals surface area contributed by atoms with Gasteiger partial charge in [-0.15, -0.1) is 0 Å². The molecule has 2 heterocycles. The first-order chi connectivity index (χ1) is 13.1. The minimum Gasteiger partial charge on any atom is -0.497 e. The van der Waals surface area contributed by atoms with E-state index in [1.54, 1.807) is 49.6 Å². The molecule has 2 aromatic heterocycles. The summed E-state index contributed by atoms with van der Waals surface area (Å²) in [6, 6.07) is 16.7. The van der Waals surface area contributed by atoms with Crippen LogP contribution in [-0.2, 0) is 0 Å². The van der Waals surface area contributed by atoms with Crippen molar-refractivity contribution in [3.05, 3.63) is 82.9 Å². The zero-order chi connectivity index (χ0) is 18.8. The lowest BCUT2D eigenvalue weighted by atomic mass is 10.1. The summed E-state index contributed by atoms with van der Waals surface area (Å²) < 4.78 is 16.1. The molecule has 4 rings (SSSR count). The van der Waals surface area contributed by atoms with Gasteiger partial charge in [-0.3, -0.25) is 9.59 Å². The van der Waals surface area contributed by atoms with Gasteiger partial charge in [-0.25, -0.2) is 0 Å². The number of furan rings is 1. The van der Waals surface area contributed by atoms with Gasteiger partial charge in [0.1, 0.15) is 17.1 Å². The molecule has 6 heteroatoms. The van der Waals surface area contributed by atoms with Gasteiger partial charge in [0.15, 0.2) is 11.2 Å². The normalized spacial score (nSPS) is 10.7. The summed E-state index contributed by atoms with van der Waals surface area (Å²) in [5.41, 5.74) is 1.47. The minimum atomic E-state index is -0.381. The molecule has 0 spiro atoms. The molecule has 0 saturated carbocycles. The van der Waals surface area contributed by atoms with Crippen molar-refractivity contribution in [2.45, 2.75) is 0 Å². The van der Waals surface area contributed by atoms with Gasteiger partial charge in [0.05, 0.1) is 18.8 Å². The van der Waals surface area contributed by atoms with Gasteiger partial charge in [0.25, 0.3) is 5.91 Å². The maximum absolute atomic E-state index is 12.4. The van der Waals surface area contributed by atoms with E-state index < -0.39 is 0 Å². The summed E-state index contributed by atoms with van der Waals surface area (Å²) in [6.45, 7) is 0. The Labute approximate surface area is 154 Å². The molecule has 0 aliphatic rings. The molecule has 0 fully saturated rings. The van der Waals surface area contributed by atoms with Gasteiger partial charge >= 0.3 is 0 Å². The SMILES string of the molecule is COc1ccc(-c2cc(=O)c3ccc(NC(=O)c4ccco4)cc3o2)cc1. The van der Waals surface area contributed by atoms with Crippen molar-refractivity contribution in [3.8, 4) is 17.1 Å². The molecule has 134 valence electrons. The lowest BCUT2D eigenvalue weighted by molar-refractivity contribution is 0.0996. The quantitative estimate of drug-likeness (QED) is 0.586. The summed E-state index contributed by atoms with van der Waals surface area (Å²) >= 11 is 0. The molecule has 0 saturated heterocycles. The number of methoxy groups -OCH3 is 1. The third-order valence-corrected chi connectivity index (χ3v) is 4.11. The van der Waals surface area contributed by atoms with Gasteiger partial charge in [0, 0.05) is 23.4 Å². The Morgan fingerprint density at radius 1 is 1.04 bits per heavy atom. The van der Waals surface area contributed by atoms with Gasteiger partial charge in [-0.1, -0.05) is 0 Å². The average molecular weight is 361 g/mol. The van der Waals surface area contributed by atoms with Gasteiger partial charge in [-0.2, -0.15) is 0 Å². The molecular formula is C21H15NO5. The molecule has 27 heavy (non-hydrogen) atoms. The lowest BCUT2D eigenvalue weighted by Crippen LogP contribution is -2.11. The van der Waals surface area contributed by atoms with Crippen LogP contribution in [0.5, 0.6) is 5.75 Å². The summed E-state index contributed by atoms with van der Waals surface area (Å²) in [7, 11) is 1.59. The number of hydrogen-bond acceptors (Lipinski definition) is 5. The third kappa shape index (κ3) is 3.32. The number of hydrogen-bond donors (Lipinski definition) is 1. The topological polar surface area (TPSA) is 81.7 Å². The van der Waals surface area contributed by atoms with E-state index >= 15 is 0 Å². The van der Waals surface area contributed by atoms with Crippen molar-refractivity contribution in [3.63, 3.8) is 0 Å². The highest BCUT2D eigenvalue weighted by Gasteiger charge is 2.11. The zero-order valence-electron chi connectivity index (χ0n) is 14.4. The summed E-state index contributed by atoms with van der Waals surface area (Å²) in [5, 5.41) is 3.15. The van der Waals surface area contributed by atoms with Crippen LogP contribution in [0.15, 0.2) is 80.6 Å². The van der Waals surface area contributed by atoms with E-state index in [9.17, 15) is 9.59 Å². The summed E-state index contributed by atoms with van der Waals surface area (Å²) in [5.74, 6) is 0.964. The third-order valence-electron chi connectivity index (χ3n) is 4.11. The number of amides is 1. The van der Waals surface area contributed by atoms with Crippen molar-refractivity contribution in [2.24, 2.45) is 0 Å². The van der Waals surface area contributed by atoms with Gasteiger partial charge < -0.3 is 18.9 Å². The highest BCUT2D eigenvalue weighted by Crippen LogP contribution is 2.26. The van der Waals surface area contributed by atoms with Crippen LogP contribution in [0.4, 0.5) is 5.69 Å². The smallest absolute Gasteiger partial charge is 0.291 e. The predicted molar refractivity (Wildman–Crippen MR) is 101 cm³/mol. The number of anilines is 1. The maximum Gasteiger partial charge on any atom is 0.291 e. The van der Waals surface area contributed by atoms with Crippen LogP contribution < -0.4 is 15.5 Å². The van der Waals surface area contributed by atoms with E-state index in [0.29, 0.717) is 28.2 Å². The molecule has 1 amide bonds. The second-order valence-corrected chi connectivity index (χ2v) is 5.85. The summed E-state index contributed by atoms with van der Waals surface area (Å²) in [6.07, 6.45) is 1.43. The number of nitrogens with one attached hydrogen (secondary N) is 1. The molecule has 0 atom stereocenters. The molecule has 0 aliphatic carbocycles. The fourth-order valence-corrected chi connectivity index (χ4v) is 2.73. The van der Waals surface area contributed by atoms with Gasteiger partial charge in [-0.05, 0) is 48.5 Å². The molecular weight excluding hydrogens is 346 g/mol. The van der Waals surface area contributed by atoms with Crippen molar-refractivity contribution in [2.75, 3.05) is 12.4 Å². The first-order valence-corrected chi connectivity index (χ1v) is 8.21. The number of carbonyl (C=O) groups is 1. The minimum absolute atomic E-state index is 0.161. The number of rotatable bonds is 4. The van der Waals surface area contributed by atoms with E-state index in [2.05, 4.69) is 5.32 Å². The van der Waals surface area contributed by atoms with Crippen LogP contribution in [-0.4, -0.2) is 13.0 Å². The van der Waals surface area contributed by atoms with Crippen molar-refractivity contribution in [1.29, 1.82) is 0 Å². The molecule has 4 aromatic rings. The predicted octanol–water partition coefficient (Wildman–Crippen LogP) is 4.31. The van der Waals surface area contributed by atoms with E-state index in [4.69, 9.17) is 13.6 Å². The monoisotopic (exact) mass is 361 g/mol. The van der Waals surface area contributed by atoms with E-state index in [1.807, 2.05) is 12.1 Å². The second kappa shape index (κ2) is 6.84. The highest BCUT2D eigenvalue weighted by atomic mass is 16.5. The molecule has 0 radical (unpaired) electrons. The Balaban J connectivity index is 1.71. The molecule has 0 aliphatic heterocycles. The van der Waals surface area contributed by atoms with Crippen molar-refractivity contribution >= 4 is 22.6 Å². The Morgan fingerprint density at radius 3 is 2.56 bits per heavy atom. The van der Waals surface area contributed by atoms with Gasteiger partial charge in [0.2, 0.25) is 0 Å². The second-order valence-electron chi connectivity index (χ2n) is 5.85. The largest absolute Gasteiger partial charge is 0.497 e. The standard InChI is InChI=1S/C21H15NO5/c1-25-15-7-4-13(5-8-15)19-12-17(23)16-9-6-14(11-20(16)27-19)22-21(24)18-3-2-10-26-18/h2-12H,1H3,(H,22,24). The van der Waals surface area contributed by atoms with Crippen molar-refractivity contribution in [1.82, 2.24) is 0 Å². The molecule has 0 unspecified atom stereocenters. The molecule has 6 nitrogen and oxygen atoms in total. The average Bonchev–Trinajstić information content (AvgIpc) is 3.23. The molecule has 2 aromatic carbocycles. The highest BCUT2D eigenvalue weighted by molar-refractivity contribution is 6.03. The van der Waals surface area contributed by atoms with Crippen LogP contribution in [0.2, 0.25) is 0 Å². The van der Waals surface area contributed by atoms with Crippen LogP contribution in [0, 0.1) is 0 Å². The number of benzene rings is 2. The molecule has 0 bridgehead atoms. The van der Waals surface area contributed by atoms with Crippen LogP contribution in [0.25, 0.3) is 22.3 Å². The van der Waals surface area contributed by atoms with Crippen LogP contribution in [0.3, 0.4) is 0 Å². The first-order valence-electron chi connectivity index (χ1n) is 8.21. The van der Waals surface area contributed by atoms with Crippen LogP contribution >= 0.6 is 0 Å². The molecule has 1 N–H and O–H groups in total. The maximum atomic E-state index is 12.4. The number of carbonyl (C=O) groups excluding carboxylic acids is 1. The van der Waals surface area contributed by atoms with Crippen molar-refractivity contribution < 1.29 is 18.4 Å². The summed E-state index contributed by atoms with van der Waals surface area (Å²) in [4.78, 5) is 24.5. The zero-order valence-corrected chi connectivity index (χ0v) is 14.4. The number of fused-ring (bicyclic) bond motifs is 1. The van der Waals surface area contributed by atoms with E-state index in [-0.39, 0.29) is 17.1 Å². The lowest BCUT2D eigenvalue weighted by Gasteiger charge is -2.07. The Morgan fingerprint density at radius 2 is 1.85 bits per heavy atom. The number of ether oxygens (including phenoxy) is 1. The Bertz CT molecular complexity index is 1160. The fourth-order valence-electron chi connectivity index (χ4n) is 2.73. The first kappa shape index (κ1) is 16.7. The Hall–Kier alpha value is -3.80. The van der Waals surface area contributed by atoms with E-state index in [1.165, 1.54) is 12.3 Å². The fraction of sp³-hybridized carbons (Fsp3) is 0.0476. The van der Waals surface area contributed by atoms with E-state index in [0.717, 1.165) is 5.56 Å². The van der Waals surface area contributed by atoms with Crippen LogP contribution in [0.1, 0.15) is 10.6 Å².